The minimum atomic E-state index is -0.426. The molecule has 1 saturated heterocycles. The van der Waals surface area contributed by atoms with Crippen LogP contribution in [0.4, 0.5) is 16.5 Å². The summed E-state index contributed by atoms with van der Waals surface area (Å²) in [5, 5.41) is 6.06. The van der Waals surface area contributed by atoms with Crippen molar-refractivity contribution in [1.29, 1.82) is 0 Å². The molecule has 1 aliphatic heterocycles. The molecule has 1 aromatic heterocycles. The Morgan fingerprint density at radius 1 is 1.17 bits per heavy atom. The molecule has 0 saturated carbocycles. The number of aryl methyl sites for hydroxylation is 1. The average molecular weight is 423 g/mol. The summed E-state index contributed by atoms with van der Waals surface area (Å²) < 4.78 is 0.858. The van der Waals surface area contributed by atoms with Crippen LogP contribution in [0.15, 0.2) is 42.5 Å². The molecule has 2 aromatic carbocycles. The van der Waals surface area contributed by atoms with Crippen LogP contribution in [0.5, 0.6) is 0 Å². The van der Waals surface area contributed by atoms with Crippen molar-refractivity contribution in [3.8, 4) is 0 Å². The van der Waals surface area contributed by atoms with Crippen molar-refractivity contribution < 1.29 is 14.4 Å². The first kappa shape index (κ1) is 20.0. The average Bonchev–Trinajstić information content (AvgIpc) is 3.30. The Balaban J connectivity index is 1.44. The molecule has 0 bridgehead atoms. The molecule has 1 fully saturated rings. The number of carbonyl (C=O) groups is 3. The monoisotopic (exact) mass is 422 g/mol. The van der Waals surface area contributed by atoms with Gasteiger partial charge in [0.1, 0.15) is 0 Å². The van der Waals surface area contributed by atoms with Crippen molar-refractivity contribution >= 4 is 55.8 Å². The van der Waals surface area contributed by atoms with Crippen LogP contribution in [0.1, 0.15) is 25.8 Å². The van der Waals surface area contributed by atoms with E-state index in [9.17, 15) is 14.4 Å². The molecule has 0 spiro atoms. The highest BCUT2D eigenvalue weighted by atomic mass is 32.1. The van der Waals surface area contributed by atoms with Gasteiger partial charge in [-0.05, 0) is 42.3 Å². The van der Waals surface area contributed by atoms with Gasteiger partial charge in [0, 0.05) is 31.3 Å². The van der Waals surface area contributed by atoms with Gasteiger partial charge < -0.3 is 15.5 Å². The molecule has 2 heterocycles. The lowest BCUT2D eigenvalue weighted by atomic mass is 10.1. The number of amides is 3. The topological polar surface area (TPSA) is 91.4 Å². The van der Waals surface area contributed by atoms with E-state index in [1.165, 1.54) is 23.8 Å². The molecule has 154 valence electrons. The Kier molecular flexibility index (Phi) is 5.50. The third kappa shape index (κ3) is 4.18. The lowest BCUT2D eigenvalue weighted by molar-refractivity contribution is -0.122. The molecule has 3 aromatic rings. The van der Waals surface area contributed by atoms with E-state index in [-0.39, 0.29) is 24.1 Å². The van der Waals surface area contributed by atoms with Gasteiger partial charge in [-0.15, -0.1) is 0 Å². The Morgan fingerprint density at radius 2 is 1.93 bits per heavy atom. The third-order valence-corrected chi connectivity index (χ3v) is 6.02. The molecule has 0 aliphatic carbocycles. The first-order valence-electron chi connectivity index (χ1n) is 9.81. The summed E-state index contributed by atoms with van der Waals surface area (Å²) >= 11 is 1.33. The zero-order valence-electron chi connectivity index (χ0n) is 16.8. The predicted octanol–water partition coefficient (Wildman–Crippen LogP) is 3.81. The number of benzene rings is 2. The maximum absolute atomic E-state index is 12.7. The highest BCUT2D eigenvalue weighted by Gasteiger charge is 2.35. The van der Waals surface area contributed by atoms with Crippen molar-refractivity contribution in [3.05, 3.63) is 48.0 Å². The van der Waals surface area contributed by atoms with Crippen LogP contribution in [0, 0.1) is 5.92 Å². The van der Waals surface area contributed by atoms with Crippen LogP contribution in [0.2, 0.25) is 0 Å². The van der Waals surface area contributed by atoms with Gasteiger partial charge in [0.25, 0.3) is 0 Å². The molecule has 7 nitrogen and oxygen atoms in total. The molecule has 8 heteroatoms. The number of rotatable bonds is 5. The second kappa shape index (κ2) is 8.23. The van der Waals surface area contributed by atoms with Gasteiger partial charge in [-0.3, -0.25) is 14.4 Å². The van der Waals surface area contributed by atoms with E-state index in [4.69, 9.17) is 0 Å². The van der Waals surface area contributed by atoms with Crippen LogP contribution in [0.3, 0.4) is 0 Å². The van der Waals surface area contributed by atoms with Crippen molar-refractivity contribution in [1.82, 2.24) is 4.98 Å². The summed E-state index contributed by atoms with van der Waals surface area (Å²) in [5.41, 5.74) is 3.45. The fourth-order valence-corrected chi connectivity index (χ4v) is 4.42. The van der Waals surface area contributed by atoms with Crippen LogP contribution in [-0.4, -0.2) is 29.3 Å². The molecular formula is C22H22N4O3S. The maximum atomic E-state index is 12.7. The van der Waals surface area contributed by atoms with Gasteiger partial charge in [-0.25, -0.2) is 4.98 Å². The normalized spacial score (nSPS) is 16.1. The maximum Gasteiger partial charge on any atom is 0.231 e. The molecule has 0 radical (unpaired) electrons. The molecule has 30 heavy (non-hydrogen) atoms. The summed E-state index contributed by atoms with van der Waals surface area (Å²) in [6, 6.07) is 13.3. The number of nitrogens with zero attached hydrogens (tertiary/aromatic N) is 2. The van der Waals surface area contributed by atoms with Gasteiger partial charge in [0.15, 0.2) is 5.13 Å². The van der Waals surface area contributed by atoms with E-state index in [0.29, 0.717) is 17.4 Å². The first-order valence-corrected chi connectivity index (χ1v) is 10.6. The quantitative estimate of drug-likeness (QED) is 0.654. The number of fused-ring (bicyclic) bond motifs is 1. The van der Waals surface area contributed by atoms with Gasteiger partial charge in [0.2, 0.25) is 17.7 Å². The molecule has 0 unspecified atom stereocenters. The van der Waals surface area contributed by atoms with E-state index in [2.05, 4.69) is 22.5 Å². The summed E-state index contributed by atoms with van der Waals surface area (Å²) in [5.74, 6) is -0.835. The Hall–Kier alpha value is -3.26. The Labute approximate surface area is 178 Å². The molecular weight excluding hydrogens is 400 g/mol. The highest BCUT2D eigenvalue weighted by molar-refractivity contribution is 7.22. The SMILES string of the molecule is CCc1ccc(N2C[C@H](C(=O)Nc3nc4ccc(NC(C)=O)cc4s3)CC2=O)cc1. The molecule has 2 N–H and O–H groups in total. The molecule has 1 atom stereocenters. The zero-order chi connectivity index (χ0) is 21.3. The number of hydrogen-bond donors (Lipinski definition) is 2. The van der Waals surface area contributed by atoms with E-state index in [1.54, 1.807) is 17.0 Å². The van der Waals surface area contributed by atoms with Crippen molar-refractivity contribution in [2.45, 2.75) is 26.7 Å². The van der Waals surface area contributed by atoms with Crippen LogP contribution in [0.25, 0.3) is 10.2 Å². The minimum absolute atomic E-state index is 0.0522. The van der Waals surface area contributed by atoms with E-state index in [0.717, 1.165) is 22.3 Å². The number of carbonyl (C=O) groups excluding carboxylic acids is 3. The van der Waals surface area contributed by atoms with Gasteiger partial charge in [-0.1, -0.05) is 30.4 Å². The van der Waals surface area contributed by atoms with Crippen molar-refractivity contribution in [3.63, 3.8) is 0 Å². The first-order chi connectivity index (χ1) is 14.4. The largest absolute Gasteiger partial charge is 0.326 e. The number of thiazole rings is 1. The molecule has 1 aliphatic rings. The number of aromatic nitrogens is 1. The van der Waals surface area contributed by atoms with Gasteiger partial charge in [0.05, 0.1) is 16.1 Å². The Morgan fingerprint density at radius 3 is 2.63 bits per heavy atom. The van der Waals surface area contributed by atoms with E-state index >= 15 is 0 Å². The summed E-state index contributed by atoms with van der Waals surface area (Å²) in [6.07, 6.45) is 1.12. The zero-order valence-corrected chi connectivity index (χ0v) is 17.6. The standard InChI is InChI=1S/C22H22N4O3S/c1-3-14-4-7-17(8-5-14)26-12-15(10-20(26)28)21(29)25-22-24-18-9-6-16(23-13(2)27)11-19(18)30-22/h4-9,11,15H,3,10,12H2,1-2H3,(H,23,27)(H,24,25,29)/t15-/m1/s1. The molecule has 3 amide bonds. The summed E-state index contributed by atoms with van der Waals surface area (Å²) in [6.45, 7) is 3.89. The molecule has 4 rings (SSSR count). The van der Waals surface area contributed by atoms with Crippen molar-refractivity contribution in [2.75, 3.05) is 22.1 Å². The third-order valence-electron chi connectivity index (χ3n) is 5.09. The lowest BCUT2D eigenvalue weighted by Crippen LogP contribution is -2.28. The Bertz CT molecular complexity index is 1120. The second-order valence-electron chi connectivity index (χ2n) is 7.30. The lowest BCUT2D eigenvalue weighted by Gasteiger charge is -2.17. The van der Waals surface area contributed by atoms with Crippen molar-refractivity contribution in [2.24, 2.45) is 5.92 Å². The smallest absolute Gasteiger partial charge is 0.231 e. The van der Waals surface area contributed by atoms with Gasteiger partial charge >= 0.3 is 0 Å². The highest BCUT2D eigenvalue weighted by Crippen LogP contribution is 2.30. The number of anilines is 3. The summed E-state index contributed by atoms with van der Waals surface area (Å²) in [4.78, 5) is 42.5. The predicted molar refractivity (Wildman–Crippen MR) is 119 cm³/mol. The second-order valence-corrected chi connectivity index (χ2v) is 8.33. The van der Waals surface area contributed by atoms with Gasteiger partial charge in [-0.2, -0.15) is 0 Å². The van der Waals surface area contributed by atoms with Crippen LogP contribution in [-0.2, 0) is 20.8 Å². The van der Waals surface area contributed by atoms with E-state index in [1.807, 2.05) is 30.3 Å². The minimum Gasteiger partial charge on any atom is -0.326 e. The fourth-order valence-electron chi connectivity index (χ4n) is 3.51. The summed E-state index contributed by atoms with van der Waals surface area (Å²) in [7, 11) is 0. The van der Waals surface area contributed by atoms with Crippen LogP contribution >= 0.6 is 11.3 Å². The number of hydrogen-bond acceptors (Lipinski definition) is 5. The number of nitrogens with one attached hydrogen (secondary N) is 2. The van der Waals surface area contributed by atoms with Crippen LogP contribution < -0.4 is 15.5 Å². The fraction of sp³-hybridized carbons (Fsp3) is 0.273. The van der Waals surface area contributed by atoms with E-state index < -0.39 is 5.92 Å².